The van der Waals surface area contributed by atoms with Crippen LogP contribution in [0, 0.1) is 0 Å². The van der Waals surface area contributed by atoms with Crippen molar-refractivity contribution in [1.29, 1.82) is 0 Å². The van der Waals surface area contributed by atoms with Crippen molar-refractivity contribution in [1.82, 2.24) is 9.47 Å². The molecule has 4 rings (SSSR count). The zero-order chi connectivity index (χ0) is 19.7. The van der Waals surface area contributed by atoms with Gasteiger partial charge in [-0.2, -0.15) is 0 Å². The lowest BCUT2D eigenvalue weighted by Crippen LogP contribution is -2.49. The fraction of sp³-hybridized carbons (Fsp3) is 0.300. The Morgan fingerprint density at radius 2 is 1.79 bits per heavy atom. The van der Waals surface area contributed by atoms with Crippen molar-refractivity contribution in [2.45, 2.75) is 13.0 Å². The summed E-state index contributed by atoms with van der Waals surface area (Å²) in [5.41, 5.74) is 2.07. The van der Waals surface area contributed by atoms with Gasteiger partial charge >= 0.3 is 5.76 Å². The number of hydrogen-bond donors (Lipinski definition) is 0. The summed E-state index contributed by atoms with van der Waals surface area (Å²) in [5.74, 6) is -0.456. The largest absolute Gasteiger partial charge is 0.419 e. The van der Waals surface area contributed by atoms with E-state index in [2.05, 4.69) is 4.90 Å². The van der Waals surface area contributed by atoms with Gasteiger partial charge in [-0.15, -0.1) is 0 Å². The molecule has 2 aromatic carbocycles. The van der Waals surface area contributed by atoms with Crippen molar-refractivity contribution in [3.05, 3.63) is 63.1 Å². The molecule has 1 aromatic heterocycles. The topological polar surface area (TPSA) is 58.7 Å². The van der Waals surface area contributed by atoms with Crippen LogP contribution in [0.2, 0.25) is 10.0 Å². The average molecular weight is 420 g/mol. The van der Waals surface area contributed by atoms with E-state index in [1.807, 2.05) is 29.2 Å². The molecule has 0 spiro atoms. The predicted octanol–water partition coefficient (Wildman–Crippen LogP) is 3.64. The predicted molar refractivity (Wildman–Crippen MR) is 110 cm³/mol. The Balaban J connectivity index is 1.37. The molecule has 1 saturated heterocycles. The summed E-state index contributed by atoms with van der Waals surface area (Å²) in [5, 5.41) is 1.22. The molecular weight excluding hydrogens is 401 g/mol. The molecule has 0 radical (unpaired) electrons. The smallest absolute Gasteiger partial charge is 0.408 e. The molecule has 1 aliphatic heterocycles. The van der Waals surface area contributed by atoms with Gasteiger partial charge in [0.1, 0.15) is 0 Å². The number of para-hydroxylation sites is 1. The number of piperazine rings is 1. The van der Waals surface area contributed by atoms with E-state index >= 15 is 0 Å². The Bertz CT molecular complexity index is 1070. The third-order valence-corrected chi connectivity index (χ3v) is 5.56. The van der Waals surface area contributed by atoms with E-state index in [-0.39, 0.29) is 18.9 Å². The highest BCUT2D eigenvalue weighted by Crippen LogP contribution is 2.26. The summed E-state index contributed by atoms with van der Waals surface area (Å²) >= 11 is 12.2. The quantitative estimate of drug-likeness (QED) is 0.647. The molecule has 28 heavy (non-hydrogen) atoms. The highest BCUT2D eigenvalue weighted by molar-refractivity contribution is 6.33. The number of carbonyl (C=O) groups is 1. The van der Waals surface area contributed by atoms with Gasteiger partial charge in [-0.3, -0.25) is 9.36 Å². The van der Waals surface area contributed by atoms with Crippen molar-refractivity contribution in [3.63, 3.8) is 0 Å². The first-order valence-corrected chi connectivity index (χ1v) is 9.84. The normalized spacial score (nSPS) is 14.6. The molecule has 146 valence electrons. The highest BCUT2D eigenvalue weighted by Gasteiger charge is 2.22. The number of fused-ring (bicyclic) bond motifs is 1. The van der Waals surface area contributed by atoms with Gasteiger partial charge in [0.05, 0.1) is 16.2 Å². The number of oxazole rings is 1. The summed E-state index contributed by atoms with van der Waals surface area (Å²) in [6, 6.07) is 12.8. The summed E-state index contributed by atoms with van der Waals surface area (Å²) in [6.07, 6.45) is 0.239. The van der Waals surface area contributed by atoms with E-state index in [0.717, 1.165) is 18.8 Å². The second-order valence-electron chi connectivity index (χ2n) is 6.70. The monoisotopic (exact) mass is 419 g/mol. The number of anilines is 1. The Morgan fingerprint density at radius 3 is 2.54 bits per heavy atom. The van der Waals surface area contributed by atoms with Crippen molar-refractivity contribution in [2.24, 2.45) is 0 Å². The maximum absolute atomic E-state index is 12.6. The molecule has 1 aliphatic rings. The van der Waals surface area contributed by atoms with Gasteiger partial charge in [-0.05, 0) is 24.3 Å². The van der Waals surface area contributed by atoms with Crippen LogP contribution in [-0.2, 0) is 11.3 Å². The van der Waals surface area contributed by atoms with Crippen LogP contribution in [0.25, 0.3) is 11.1 Å². The third-order valence-electron chi connectivity index (χ3n) is 5.01. The second kappa shape index (κ2) is 7.89. The van der Waals surface area contributed by atoms with Crippen LogP contribution >= 0.6 is 23.2 Å². The lowest BCUT2D eigenvalue weighted by molar-refractivity contribution is -0.131. The van der Waals surface area contributed by atoms with Gasteiger partial charge in [0.15, 0.2) is 5.58 Å². The molecule has 1 amide bonds. The highest BCUT2D eigenvalue weighted by atomic mass is 35.5. The van der Waals surface area contributed by atoms with Crippen molar-refractivity contribution >= 4 is 45.9 Å². The standard InChI is InChI=1S/C20H19Cl2N3O3/c21-14-5-6-17-18(13-14)28-20(27)25(17)8-7-19(26)24-11-9-23(10-12-24)16-4-2-1-3-15(16)22/h1-6,13H,7-12H2. The van der Waals surface area contributed by atoms with E-state index < -0.39 is 5.76 Å². The number of benzene rings is 2. The number of carbonyl (C=O) groups excluding carboxylic acids is 1. The van der Waals surface area contributed by atoms with Gasteiger partial charge in [0, 0.05) is 50.2 Å². The number of aryl methyl sites for hydroxylation is 1. The summed E-state index contributed by atoms with van der Waals surface area (Å²) in [6.45, 7) is 2.98. The minimum Gasteiger partial charge on any atom is -0.408 e. The van der Waals surface area contributed by atoms with Crippen LogP contribution in [-0.4, -0.2) is 41.6 Å². The van der Waals surface area contributed by atoms with E-state index in [4.69, 9.17) is 27.6 Å². The molecule has 0 N–H and O–H groups in total. The average Bonchev–Trinajstić information content (AvgIpc) is 3.00. The van der Waals surface area contributed by atoms with Crippen LogP contribution < -0.4 is 10.7 Å². The summed E-state index contributed by atoms with van der Waals surface area (Å²) < 4.78 is 6.69. The van der Waals surface area contributed by atoms with Gasteiger partial charge in [0.2, 0.25) is 5.91 Å². The molecule has 3 aromatic rings. The third kappa shape index (κ3) is 3.75. The van der Waals surface area contributed by atoms with Gasteiger partial charge in [-0.25, -0.2) is 4.79 Å². The Kier molecular flexibility index (Phi) is 5.33. The number of nitrogens with zero attached hydrogens (tertiary/aromatic N) is 3. The number of amides is 1. The van der Waals surface area contributed by atoms with Crippen LogP contribution in [0.3, 0.4) is 0 Å². The molecule has 8 heteroatoms. The minimum atomic E-state index is -0.478. The fourth-order valence-corrected chi connectivity index (χ4v) is 3.94. The SMILES string of the molecule is O=C(CCn1c(=O)oc2cc(Cl)ccc21)N1CCN(c2ccccc2Cl)CC1. The maximum atomic E-state index is 12.6. The van der Waals surface area contributed by atoms with E-state index in [0.29, 0.717) is 34.2 Å². The van der Waals surface area contributed by atoms with E-state index in [1.54, 1.807) is 18.2 Å². The Hall–Kier alpha value is -2.44. The first-order chi connectivity index (χ1) is 13.5. The molecule has 0 atom stereocenters. The van der Waals surface area contributed by atoms with Crippen molar-refractivity contribution < 1.29 is 9.21 Å². The number of halogens is 2. The zero-order valence-electron chi connectivity index (χ0n) is 15.1. The van der Waals surface area contributed by atoms with Crippen molar-refractivity contribution in [3.8, 4) is 0 Å². The number of rotatable bonds is 4. The molecule has 6 nitrogen and oxygen atoms in total. The van der Waals surface area contributed by atoms with Crippen LogP contribution in [0.5, 0.6) is 0 Å². The lowest BCUT2D eigenvalue weighted by atomic mass is 10.2. The van der Waals surface area contributed by atoms with Crippen LogP contribution in [0.1, 0.15) is 6.42 Å². The number of aromatic nitrogens is 1. The molecule has 0 saturated carbocycles. The molecule has 0 aliphatic carbocycles. The fourth-order valence-electron chi connectivity index (χ4n) is 3.52. The first-order valence-electron chi connectivity index (χ1n) is 9.09. The number of hydrogen-bond acceptors (Lipinski definition) is 4. The summed E-state index contributed by atoms with van der Waals surface area (Å²) in [7, 11) is 0. The van der Waals surface area contributed by atoms with E-state index in [9.17, 15) is 9.59 Å². The first kappa shape index (κ1) is 18.9. The molecular formula is C20H19Cl2N3O3. The zero-order valence-corrected chi connectivity index (χ0v) is 16.6. The maximum Gasteiger partial charge on any atom is 0.419 e. The van der Waals surface area contributed by atoms with E-state index in [1.165, 1.54) is 4.57 Å². The molecule has 2 heterocycles. The Labute approximate surface area is 171 Å². The Morgan fingerprint density at radius 1 is 1.04 bits per heavy atom. The van der Waals surface area contributed by atoms with Crippen molar-refractivity contribution in [2.75, 3.05) is 31.1 Å². The second-order valence-corrected chi connectivity index (χ2v) is 7.54. The van der Waals surface area contributed by atoms with Gasteiger partial charge < -0.3 is 14.2 Å². The molecule has 0 unspecified atom stereocenters. The minimum absolute atomic E-state index is 0.0222. The van der Waals surface area contributed by atoms with Gasteiger partial charge in [-0.1, -0.05) is 35.3 Å². The van der Waals surface area contributed by atoms with Crippen LogP contribution in [0.4, 0.5) is 5.69 Å². The van der Waals surface area contributed by atoms with Crippen LogP contribution in [0.15, 0.2) is 51.7 Å². The summed E-state index contributed by atoms with van der Waals surface area (Å²) in [4.78, 5) is 28.7. The lowest BCUT2D eigenvalue weighted by Gasteiger charge is -2.36. The molecule has 1 fully saturated rings. The van der Waals surface area contributed by atoms with Gasteiger partial charge in [0.25, 0.3) is 0 Å². The molecule has 0 bridgehead atoms.